The molecule has 0 unspecified atom stereocenters. The highest BCUT2D eigenvalue weighted by molar-refractivity contribution is 6.42. The Hall–Kier alpha value is -2.04. The van der Waals surface area contributed by atoms with Crippen molar-refractivity contribution in [2.24, 2.45) is 0 Å². The molecule has 1 N–H and O–H groups in total. The molecule has 2 rings (SSSR count). The van der Waals surface area contributed by atoms with Crippen molar-refractivity contribution in [3.63, 3.8) is 0 Å². The van der Waals surface area contributed by atoms with Crippen LogP contribution in [0.25, 0.3) is 0 Å². The number of ketones is 1. The molecule has 0 fully saturated rings. The number of rotatable bonds is 5. The van der Waals surface area contributed by atoms with Crippen LogP contribution >= 0.6 is 23.2 Å². The van der Waals surface area contributed by atoms with E-state index in [1.165, 1.54) is 30.3 Å². The lowest BCUT2D eigenvalue weighted by molar-refractivity contribution is 0.0689. The predicted octanol–water partition coefficient (Wildman–Crippen LogP) is 3.95. The van der Waals surface area contributed by atoms with Crippen LogP contribution in [0.4, 0.5) is 0 Å². The molecule has 0 aliphatic carbocycles. The van der Waals surface area contributed by atoms with Crippen molar-refractivity contribution in [3.8, 4) is 5.75 Å². The molecule has 0 heterocycles. The zero-order valence-corrected chi connectivity index (χ0v) is 12.2. The zero-order chi connectivity index (χ0) is 15.4. The van der Waals surface area contributed by atoms with Gasteiger partial charge in [-0.1, -0.05) is 35.3 Å². The topological polar surface area (TPSA) is 63.6 Å². The SMILES string of the molecule is O=C(COc1ccccc1C(=O)O)c1ccc(Cl)c(Cl)c1. The maximum atomic E-state index is 12.0. The second-order valence-corrected chi connectivity index (χ2v) is 4.96. The number of para-hydroxylation sites is 1. The minimum absolute atomic E-state index is 0.000520. The minimum atomic E-state index is -1.12. The number of hydrogen-bond donors (Lipinski definition) is 1. The average Bonchev–Trinajstić information content (AvgIpc) is 2.47. The van der Waals surface area contributed by atoms with Gasteiger partial charge in [-0.05, 0) is 30.3 Å². The summed E-state index contributed by atoms with van der Waals surface area (Å²) in [7, 11) is 0. The van der Waals surface area contributed by atoms with E-state index in [-0.39, 0.29) is 28.7 Å². The van der Waals surface area contributed by atoms with Crippen molar-refractivity contribution >= 4 is 35.0 Å². The molecular formula is C15H10Cl2O4. The van der Waals surface area contributed by atoms with Crippen molar-refractivity contribution in [1.29, 1.82) is 0 Å². The van der Waals surface area contributed by atoms with Crippen LogP contribution in [-0.2, 0) is 0 Å². The third-order valence-corrected chi connectivity index (χ3v) is 3.46. The number of carboxylic acids is 1. The number of aromatic carboxylic acids is 1. The van der Waals surface area contributed by atoms with Crippen molar-refractivity contribution < 1.29 is 19.4 Å². The van der Waals surface area contributed by atoms with Gasteiger partial charge < -0.3 is 9.84 Å². The molecule has 108 valence electrons. The molecule has 2 aromatic rings. The fourth-order valence-electron chi connectivity index (χ4n) is 1.67. The van der Waals surface area contributed by atoms with Gasteiger partial charge in [0.1, 0.15) is 11.3 Å². The van der Waals surface area contributed by atoms with E-state index < -0.39 is 5.97 Å². The summed E-state index contributed by atoms with van der Waals surface area (Å²) in [6.07, 6.45) is 0. The van der Waals surface area contributed by atoms with Gasteiger partial charge in [0.25, 0.3) is 0 Å². The molecule has 21 heavy (non-hydrogen) atoms. The molecule has 0 aliphatic rings. The highest BCUT2D eigenvalue weighted by Crippen LogP contribution is 2.23. The van der Waals surface area contributed by atoms with Gasteiger partial charge in [0.2, 0.25) is 0 Å². The van der Waals surface area contributed by atoms with E-state index in [1.807, 2.05) is 0 Å². The van der Waals surface area contributed by atoms with E-state index in [9.17, 15) is 9.59 Å². The van der Waals surface area contributed by atoms with Gasteiger partial charge in [0.15, 0.2) is 12.4 Å². The molecule has 0 saturated carbocycles. The summed E-state index contributed by atoms with van der Waals surface area (Å²) in [5, 5.41) is 9.64. The highest BCUT2D eigenvalue weighted by Gasteiger charge is 2.13. The summed E-state index contributed by atoms with van der Waals surface area (Å²) < 4.78 is 5.28. The number of carbonyl (C=O) groups is 2. The second-order valence-electron chi connectivity index (χ2n) is 4.14. The number of hydrogen-bond acceptors (Lipinski definition) is 3. The maximum absolute atomic E-state index is 12.0. The highest BCUT2D eigenvalue weighted by atomic mass is 35.5. The van der Waals surface area contributed by atoms with Crippen LogP contribution in [0.3, 0.4) is 0 Å². The van der Waals surface area contributed by atoms with Crippen LogP contribution in [0.5, 0.6) is 5.75 Å². The zero-order valence-electron chi connectivity index (χ0n) is 10.7. The number of halogens is 2. The Bertz CT molecular complexity index is 698. The van der Waals surface area contributed by atoms with Crippen molar-refractivity contribution in [1.82, 2.24) is 0 Å². The second kappa shape index (κ2) is 6.61. The molecule has 0 atom stereocenters. The van der Waals surface area contributed by atoms with Crippen LogP contribution in [0.15, 0.2) is 42.5 Å². The van der Waals surface area contributed by atoms with Gasteiger partial charge in [-0.3, -0.25) is 4.79 Å². The van der Waals surface area contributed by atoms with E-state index in [4.69, 9.17) is 33.0 Å². The average molecular weight is 325 g/mol. The van der Waals surface area contributed by atoms with Crippen LogP contribution in [-0.4, -0.2) is 23.5 Å². The Morgan fingerprint density at radius 2 is 1.76 bits per heavy atom. The Balaban J connectivity index is 2.11. The normalized spacial score (nSPS) is 10.2. The van der Waals surface area contributed by atoms with Gasteiger partial charge in [-0.15, -0.1) is 0 Å². The van der Waals surface area contributed by atoms with E-state index in [1.54, 1.807) is 12.1 Å². The Morgan fingerprint density at radius 3 is 2.43 bits per heavy atom. The molecule has 0 radical (unpaired) electrons. The lowest BCUT2D eigenvalue weighted by atomic mass is 10.1. The maximum Gasteiger partial charge on any atom is 0.339 e. The lowest BCUT2D eigenvalue weighted by Gasteiger charge is -2.08. The molecule has 0 amide bonds. The van der Waals surface area contributed by atoms with Gasteiger partial charge >= 0.3 is 5.97 Å². The Labute approximate surface area is 130 Å². The third kappa shape index (κ3) is 3.74. The van der Waals surface area contributed by atoms with E-state index in [2.05, 4.69) is 0 Å². The molecule has 0 aromatic heterocycles. The summed E-state index contributed by atoms with van der Waals surface area (Å²) in [5.74, 6) is -1.31. The Morgan fingerprint density at radius 1 is 1.05 bits per heavy atom. The number of Topliss-reactive ketones (excluding diaryl/α,β-unsaturated/α-hetero) is 1. The molecule has 4 nitrogen and oxygen atoms in total. The van der Waals surface area contributed by atoms with Crippen molar-refractivity contribution in [2.75, 3.05) is 6.61 Å². The van der Waals surface area contributed by atoms with Crippen LogP contribution in [0.1, 0.15) is 20.7 Å². The fraction of sp³-hybridized carbons (Fsp3) is 0.0667. The number of carbonyl (C=O) groups excluding carboxylic acids is 1. The Kier molecular flexibility index (Phi) is 4.83. The van der Waals surface area contributed by atoms with E-state index in [0.717, 1.165) is 0 Å². The minimum Gasteiger partial charge on any atom is -0.485 e. The van der Waals surface area contributed by atoms with E-state index in [0.29, 0.717) is 10.6 Å². The molecule has 0 spiro atoms. The summed E-state index contributed by atoms with van der Waals surface area (Å²) in [4.78, 5) is 23.0. The van der Waals surface area contributed by atoms with Crippen LogP contribution in [0.2, 0.25) is 10.0 Å². The summed E-state index contributed by atoms with van der Waals surface area (Å²) in [5.41, 5.74) is 0.344. The quantitative estimate of drug-likeness (QED) is 0.846. The lowest BCUT2D eigenvalue weighted by Crippen LogP contribution is -2.13. The summed E-state index contributed by atoms with van der Waals surface area (Å²) in [6, 6.07) is 10.6. The third-order valence-electron chi connectivity index (χ3n) is 2.72. The molecular weight excluding hydrogens is 315 g/mol. The van der Waals surface area contributed by atoms with E-state index >= 15 is 0 Å². The number of carboxylic acid groups (broad SMARTS) is 1. The standard InChI is InChI=1S/C15H10Cl2O4/c16-11-6-5-9(7-12(11)17)13(18)8-21-14-4-2-1-3-10(14)15(19)20/h1-7H,8H2,(H,19,20). The first kappa shape index (κ1) is 15.4. The van der Waals surface area contributed by atoms with Gasteiger partial charge in [0.05, 0.1) is 10.0 Å². The summed E-state index contributed by atoms with van der Waals surface area (Å²) in [6.45, 7) is -0.289. The first-order valence-electron chi connectivity index (χ1n) is 5.92. The first-order chi connectivity index (χ1) is 9.99. The van der Waals surface area contributed by atoms with Crippen LogP contribution in [0, 0.1) is 0 Å². The fourth-order valence-corrected chi connectivity index (χ4v) is 1.96. The number of ether oxygens (including phenoxy) is 1. The van der Waals surface area contributed by atoms with Crippen LogP contribution < -0.4 is 4.74 Å². The molecule has 6 heteroatoms. The monoisotopic (exact) mass is 324 g/mol. The molecule has 0 bridgehead atoms. The molecule has 0 aliphatic heterocycles. The molecule has 2 aromatic carbocycles. The smallest absolute Gasteiger partial charge is 0.339 e. The predicted molar refractivity (Wildman–Crippen MR) is 79.7 cm³/mol. The first-order valence-corrected chi connectivity index (χ1v) is 6.68. The largest absolute Gasteiger partial charge is 0.485 e. The number of benzene rings is 2. The van der Waals surface area contributed by atoms with Crippen molar-refractivity contribution in [2.45, 2.75) is 0 Å². The van der Waals surface area contributed by atoms with Crippen molar-refractivity contribution in [3.05, 3.63) is 63.6 Å². The summed E-state index contributed by atoms with van der Waals surface area (Å²) >= 11 is 11.6. The van der Waals surface area contributed by atoms with Gasteiger partial charge in [-0.2, -0.15) is 0 Å². The van der Waals surface area contributed by atoms with Gasteiger partial charge in [-0.25, -0.2) is 4.79 Å². The molecule has 0 saturated heterocycles. The van der Waals surface area contributed by atoms with Gasteiger partial charge in [0, 0.05) is 5.56 Å².